The van der Waals surface area contributed by atoms with Crippen LogP contribution in [0.25, 0.3) is 33.5 Å². The normalized spacial score (nSPS) is 10.8. The molecule has 0 spiro atoms. The van der Waals surface area contributed by atoms with Gasteiger partial charge in [0.05, 0.1) is 22.5 Å². The van der Waals surface area contributed by atoms with Crippen molar-refractivity contribution in [3.05, 3.63) is 72.3 Å². The molecule has 0 radical (unpaired) electrons. The monoisotopic (exact) mass is 358 g/mol. The van der Waals surface area contributed by atoms with Crippen LogP contribution in [0.4, 0.5) is 0 Å². The molecule has 0 unspecified atom stereocenters. The van der Waals surface area contributed by atoms with Gasteiger partial charge in [0.1, 0.15) is 17.0 Å². The van der Waals surface area contributed by atoms with Gasteiger partial charge in [-0.1, -0.05) is 6.07 Å². The van der Waals surface area contributed by atoms with Crippen molar-refractivity contribution in [2.75, 3.05) is 0 Å². The number of carbonyl (C=O) groups is 1. The summed E-state index contributed by atoms with van der Waals surface area (Å²) in [5, 5.41) is 28.6. The number of phenolic OH excluding ortho intramolecular Hbond substituents is 2. The van der Waals surface area contributed by atoms with E-state index in [4.69, 9.17) is 0 Å². The van der Waals surface area contributed by atoms with Gasteiger partial charge >= 0.3 is 5.97 Å². The number of rotatable bonds is 3. The van der Waals surface area contributed by atoms with Crippen LogP contribution in [0.1, 0.15) is 10.4 Å². The second kappa shape index (κ2) is 6.42. The zero-order chi connectivity index (χ0) is 19.0. The SMILES string of the molecule is O=C(O)c1cccc2nc(-c3ccc(O)cc3)c(-c3ccc(O)cc3)nc12. The maximum Gasteiger partial charge on any atom is 0.337 e. The molecular formula is C21H14N2O4. The Bertz CT molecular complexity index is 1150. The van der Waals surface area contributed by atoms with E-state index < -0.39 is 5.97 Å². The lowest BCUT2D eigenvalue weighted by Gasteiger charge is -2.12. The largest absolute Gasteiger partial charge is 0.508 e. The first kappa shape index (κ1) is 16.5. The number of aromatic carboxylic acids is 1. The minimum absolute atomic E-state index is 0.0669. The quantitative estimate of drug-likeness (QED) is 0.510. The number of carboxylic acids is 1. The second-order valence-electron chi connectivity index (χ2n) is 5.99. The Kier molecular flexibility index (Phi) is 3.93. The van der Waals surface area contributed by atoms with Crippen LogP contribution < -0.4 is 0 Å². The number of nitrogens with zero attached hydrogens (tertiary/aromatic N) is 2. The minimum Gasteiger partial charge on any atom is -0.508 e. The molecule has 4 aromatic rings. The van der Waals surface area contributed by atoms with Gasteiger partial charge in [-0.2, -0.15) is 0 Å². The third-order valence-electron chi connectivity index (χ3n) is 4.21. The van der Waals surface area contributed by atoms with Gasteiger partial charge in [0.2, 0.25) is 0 Å². The van der Waals surface area contributed by atoms with E-state index in [1.807, 2.05) is 0 Å². The Hall–Kier alpha value is -3.93. The van der Waals surface area contributed by atoms with Gasteiger partial charge in [-0.05, 0) is 60.7 Å². The zero-order valence-electron chi connectivity index (χ0n) is 14.0. The van der Waals surface area contributed by atoms with Crippen molar-refractivity contribution >= 4 is 17.0 Å². The molecule has 0 aliphatic carbocycles. The fourth-order valence-corrected chi connectivity index (χ4v) is 2.89. The summed E-state index contributed by atoms with van der Waals surface area (Å²) in [6.07, 6.45) is 0. The second-order valence-corrected chi connectivity index (χ2v) is 5.99. The predicted octanol–water partition coefficient (Wildman–Crippen LogP) is 4.07. The third-order valence-corrected chi connectivity index (χ3v) is 4.21. The van der Waals surface area contributed by atoms with Crippen molar-refractivity contribution in [2.24, 2.45) is 0 Å². The van der Waals surface area contributed by atoms with Gasteiger partial charge in [-0.25, -0.2) is 14.8 Å². The lowest BCUT2D eigenvalue weighted by atomic mass is 10.0. The van der Waals surface area contributed by atoms with Gasteiger partial charge in [-0.3, -0.25) is 0 Å². The Morgan fingerprint density at radius 1 is 0.704 bits per heavy atom. The molecule has 6 nitrogen and oxygen atoms in total. The summed E-state index contributed by atoms with van der Waals surface area (Å²) in [5.74, 6) is -0.833. The molecule has 0 aliphatic rings. The van der Waals surface area contributed by atoms with Crippen molar-refractivity contribution in [1.29, 1.82) is 0 Å². The van der Waals surface area contributed by atoms with Gasteiger partial charge < -0.3 is 15.3 Å². The molecule has 3 aromatic carbocycles. The van der Waals surface area contributed by atoms with Crippen LogP contribution in [0.2, 0.25) is 0 Å². The molecular weight excluding hydrogens is 344 g/mol. The molecule has 0 fully saturated rings. The van der Waals surface area contributed by atoms with Crippen LogP contribution in [0.15, 0.2) is 66.7 Å². The summed E-state index contributed by atoms with van der Waals surface area (Å²) in [6, 6.07) is 17.8. The van der Waals surface area contributed by atoms with Crippen molar-refractivity contribution in [3.8, 4) is 34.0 Å². The highest BCUT2D eigenvalue weighted by atomic mass is 16.4. The molecule has 132 valence electrons. The van der Waals surface area contributed by atoms with Crippen molar-refractivity contribution in [3.63, 3.8) is 0 Å². The van der Waals surface area contributed by atoms with E-state index in [0.717, 1.165) is 5.56 Å². The van der Waals surface area contributed by atoms with E-state index >= 15 is 0 Å². The van der Waals surface area contributed by atoms with Crippen LogP contribution in [0.5, 0.6) is 11.5 Å². The predicted molar refractivity (Wildman–Crippen MR) is 101 cm³/mol. The smallest absolute Gasteiger partial charge is 0.337 e. The van der Waals surface area contributed by atoms with Crippen molar-refractivity contribution in [2.45, 2.75) is 0 Å². The summed E-state index contributed by atoms with van der Waals surface area (Å²) in [7, 11) is 0. The maximum absolute atomic E-state index is 11.6. The standard InChI is InChI=1S/C21H14N2O4/c24-14-8-4-12(5-9-14)18-19(13-6-10-15(25)11-7-13)23-20-16(21(26)27)2-1-3-17(20)22-18/h1-11,24-25H,(H,26,27). The number of fused-ring (bicyclic) bond motifs is 1. The zero-order valence-corrected chi connectivity index (χ0v) is 14.0. The lowest BCUT2D eigenvalue weighted by molar-refractivity contribution is 0.0699. The molecule has 0 bridgehead atoms. The Labute approximate surface area is 154 Å². The molecule has 3 N–H and O–H groups in total. The third kappa shape index (κ3) is 3.04. The molecule has 0 saturated carbocycles. The van der Waals surface area contributed by atoms with Crippen LogP contribution in [-0.4, -0.2) is 31.3 Å². The summed E-state index contributed by atoms with van der Waals surface area (Å²) in [6.45, 7) is 0. The van der Waals surface area contributed by atoms with Crippen LogP contribution in [0.3, 0.4) is 0 Å². The number of carboxylic acid groups (broad SMARTS) is 1. The fraction of sp³-hybridized carbons (Fsp3) is 0. The topological polar surface area (TPSA) is 104 Å². The van der Waals surface area contributed by atoms with Crippen molar-refractivity contribution in [1.82, 2.24) is 9.97 Å². The van der Waals surface area contributed by atoms with E-state index in [-0.39, 0.29) is 22.6 Å². The number of hydrogen-bond acceptors (Lipinski definition) is 5. The lowest BCUT2D eigenvalue weighted by Crippen LogP contribution is -2.02. The molecule has 27 heavy (non-hydrogen) atoms. The summed E-state index contributed by atoms with van der Waals surface area (Å²) < 4.78 is 0. The highest BCUT2D eigenvalue weighted by Crippen LogP contribution is 2.33. The molecule has 1 aromatic heterocycles. The first-order valence-corrected chi connectivity index (χ1v) is 8.16. The molecule has 0 amide bonds. The molecule has 6 heteroatoms. The Morgan fingerprint density at radius 3 is 1.74 bits per heavy atom. The van der Waals surface area contributed by atoms with E-state index in [9.17, 15) is 20.1 Å². The van der Waals surface area contributed by atoms with E-state index in [1.165, 1.54) is 18.2 Å². The van der Waals surface area contributed by atoms with Gasteiger partial charge in [-0.15, -0.1) is 0 Å². The van der Waals surface area contributed by atoms with Gasteiger partial charge in [0, 0.05) is 11.1 Å². The number of benzene rings is 3. The molecule has 0 saturated heterocycles. The van der Waals surface area contributed by atoms with E-state index in [0.29, 0.717) is 22.5 Å². The Balaban J connectivity index is 2.05. The van der Waals surface area contributed by atoms with E-state index in [1.54, 1.807) is 48.5 Å². The number of aromatic hydroxyl groups is 2. The number of phenols is 2. The van der Waals surface area contributed by atoms with Crippen LogP contribution >= 0.6 is 0 Å². The van der Waals surface area contributed by atoms with E-state index in [2.05, 4.69) is 9.97 Å². The number of hydrogen-bond donors (Lipinski definition) is 3. The highest BCUT2D eigenvalue weighted by Gasteiger charge is 2.17. The molecule has 0 atom stereocenters. The maximum atomic E-state index is 11.6. The van der Waals surface area contributed by atoms with Crippen LogP contribution in [-0.2, 0) is 0 Å². The minimum atomic E-state index is -1.08. The summed E-state index contributed by atoms with van der Waals surface area (Å²) in [5.41, 5.74) is 3.27. The molecule has 1 heterocycles. The fourth-order valence-electron chi connectivity index (χ4n) is 2.89. The summed E-state index contributed by atoms with van der Waals surface area (Å²) >= 11 is 0. The molecule has 4 rings (SSSR count). The highest BCUT2D eigenvalue weighted by molar-refractivity contribution is 6.02. The average Bonchev–Trinajstić information content (AvgIpc) is 2.67. The number of aromatic nitrogens is 2. The number of para-hydroxylation sites is 1. The first-order chi connectivity index (χ1) is 13.0. The Morgan fingerprint density at radius 2 is 1.22 bits per heavy atom. The average molecular weight is 358 g/mol. The van der Waals surface area contributed by atoms with Crippen molar-refractivity contribution < 1.29 is 20.1 Å². The van der Waals surface area contributed by atoms with Crippen LogP contribution in [0, 0.1) is 0 Å². The van der Waals surface area contributed by atoms with Gasteiger partial charge in [0.25, 0.3) is 0 Å². The summed E-state index contributed by atoms with van der Waals surface area (Å²) in [4.78, 5) is 20.8. The molecule has 0 aliphatic heterocycles. The first-order valence-electron chi connectivity index (χ1n) is 8.16. The van der Waals surface area contributed by atoms with Gasteiger partial charge in [0.15, 0.2) is 0 Å².